The molecule has 1 fully saturated rings. The lowest BCUT2D eigenvalue weighted by Crippen LogP contribution is -2.32. The number of aryl methyl sites for hydroxylation is 2. The molecule has 1 aliphatic carbocycles. The van der Waals surface area contributed by atoms with E-state index in [1.807, 2.05) is 0 Å². The molecule has 2 heterocycles. The number of hydrogen-bond donors (Lipinski definition) is 0. The average Bonchev–Trinajstić information content (AvgIpc) is 2.85. The molecule has 0 amide bonds. The van der Waals surface area contributed by atoms with Crippen molar-refractivity contribution < 1.29 is 9.30 Å². The van der Waals surface area contributed by atoms with E-state index in [4.69, 9.17) is 4.74 Å². The minimum absolute atomic E-state index is 0.573. The fourth-order valence-electron chi connectivity index (χ4n) is 6.56. The van der Waals surface area contributed by atoms with Crippen LogP contribution in [0.4, 0.5) is 0 Å². The van der Waals surface area contributed by atoms with Gasteiger partial charge in [-0.25, -0.2) is 0 Å². The van der Waals surface area contributed by atoms with Crippen molar-refractivity contribution in [3.63, 3.8) is 0 Å². The molecule has 0 radical (unpaired) electrons. The highest BCUT2D eigenvalue weighted by Crippen LogP contribution is 2.50. The third kappa shape index (κ3) is 3.10. The number of nitrogens with zero attached hydrogens (tertiary/aromatic N) is 1. The van der Waals surface area contributed by atoms with E-state index in [1.165, 1.54) is 82.5 Å². The molecular weight excluding hydrogens is 402 g/mol. The van der Waals surface area contributed by atoms with Crippen molar-refractivity contribution in [3.8, 4) is 22.8 Å². The third-order valence-corrected chi connectivity index (χ3v) is 8.90. The Morgan fingerprint density at radius 3 is 2.48 bits per heavy atom. The maximum atomic E-state index is 6.69. The zero-order valence-corrected chi connectivity index (χ0v) is 20.4. The normalized spacial score (nSPS) is 17.2. The maximum Gasteiger partial charge on any atom is 0.257 e. The van der Waals surface area contributed by atoms with Gasteiger partial charge in [-0.1, -0.05) is 57.0 Å². The van der Waals surface area contributed by atoms with E-state index in [0.29, 0.717) is 11.3 Å². The van der Waals surface area contributed by atoms with Crippen LogP contribution in [0, 0.1) is 12.3 Å². The molecule has 33 heavy (non-hydrogen) atoms. The highest BCUT2D eigenvalue weighted by atomic mass is 16.5. The van der Waals surface area contributed by atoms with E-state index < -0.39 is 0 Å². The van der Waals surface area contributed by atoms with Crippen LogP contribution in [0.15, 0.2) is 54.7 Å². The van der Waals surface area contributed by atoms with Gasteiger partial charge in [-0.05, 0) is 78.7 Å². The first-order valence-electron chi connectivity index (χ1n) is 12.7. The zero-order chi connectivity index (χ0) is 22.7. The van der Waals surface area contributed by atoms with Crippen LogP contribution in [0.3, 0.4) is 0 Å². The first-order valence-corrected chi connectivity index (χ1v) is 12.7. The van der Waals surface area contributed by atoms with Crippen LogP contribution >= 0.6 is 0 Å². The fraction of sp³-hybridized carbons (Fsp3) is 0.387. The average molecular weight is 437 g/mol. The van der Waals surface area contributed by atoms with E-state index in [-0.39, 0.29) is 0 Å². The van der Waals surface area contributed by atoms with Gasteiger partial charge in [0.1, 0.15) is 12.8 Å². The van der Waals surface area contributed by atoms with Gasteiger partial charge >= 0.3 is 0 Å². The van der Waals surface area contributed by atoms with Crippen LogP contribution in [-0.2, 0) is 7.05 Å². The minimum atomic E-state index is 0.573. The summed E-state index contributed by atoms with van der Waals surface area (Å²) in [5.74, 6) is 2.65. The molecule has 0 saturated heterocycles. The standard InChI is InChI=1S/C31H34NO/c1-5-31(6-2)16-14-21(15-17-31)23-12-13-24-19-32(4)29-27-20(3)10-11-22-8-7-9-26(28(22)27)33-30(29)25(24)18-23/h7-13,18-19,21H,5-6,14-17H2,1-4H3/q+1. The highest BCUT2D eigenvalue weighted by molar-refractivity contribution is 6.06. The highest BCUT2D eigenvalue weighted by Gasteiger charge is 2.34. The summed E-state index contributed by atoms with van der Waals surface area (Å²) in [6, 6.07) is 18.0. The third-order valence-electron chi connectivity index (χ3n) is 8.90. The molecule has 0 atom stereocenters. The van der Waals surface area contributed by atoms with E-state index in [2.05, 4.69) is 87.1 Å². The van der Waals surface area contributed by atoms with Crippen molar-refractivity contribution in [2.75, 3.05) is 0 Å². The molecule has 1 saturated carbocycles. The molecule has 4 aromatic rings. The van der Waals surface area contributed by atoms with Gasteiger partial charge in [-0.2, -0.15) is 4.57 Å². The van der Waals surface area contributed by atoms with Crippen LogP contribution in [-0.4, -0.2) is 0 Å². The fourth-order valence-corrected chi connectivity index (χ4v) is 6.56. The summed E-state index contributed by atoms with van der Waals surface area (Å²) in [6.07, 6.45) is 10.2. The number of hydrogen-bond acceptors (Lipinski definition) is 1. The lowest BCUT2D eigenvalue weighted by Gasteiger charge is -2.39. The summed E-state index contributed by atoms with van der Waals surface area (Å²) in [5.41, 5.74) is 5.86. The Kier molecular flexibility index (Phi) is 4.76. The molecule has 168 valence electrons. The molecule has 1 aromatic heterocycles. The van der Waals surface area contributed by atoms with Gasteiger partial charge in [0.2, 0.25) is 5.75 Å². The van der Waals surface area contributed by atoms with Gasteiger partial charge in [-0.15, -0.1) is 0 Å². The Morgan fingerprint density at radius 2 is 1.73 bits per heavy atom. The summed E-state index contributed by atoms with van der Waals surface area (Å²) in [7, 11) is 2.15. The monoisotopic (exact) mass is 436 g/mol. The zero-order valence-electron chi connectivity index (χ0n) is 20.4. The van der Waals surface area contributed by atoms with Gasteiger partial charge in [-0.3, -0.25) is 0 Å². The number of aromatic nitrogens is 1. The number of pyridine rings is 1. The summed E-state index contributed by atoms with van der Waals surface area (Å²) < 4.78 is 8.94. The van der Waals surface area contributed by atoms with Crippen molar-refractivity contribution >= 4 is 21.5 Å². The van der Waals surface area contributed by atoms with Crippen LogP contribution in [0.25, 0.3) is 32.8 Å². The smallest absolute Gasteiger partial charge is 0.257 e. The minimum Gasteiger partial charge on any atom is -0.449 e. The summed E-state index contributed by atoms with van der Waals surface area (Å²) in [6.45, 7) is 6.98. The van der Waals surface area contributed by atoms with E-state index >= 15 is 0 Å². The van der Waals surface area contributed by atoms with Gasteiger partial charge in [0, 0.05) is 16.2 Å². The SMILES string of the molecule is CCC1(CC)CCC(c2ccc3c[n+](C)c4c(c3c2)Oc2cccc3ccc(C)c-4c23)CC1. The van der Waals surface area contributed by atoms with Crippen molar-refractivity contribution in [1.82, 2.24) is 0 Å². The summed E-state index contributed by atoms with van der Waals surface area (Å²) in [5, 5.41) is 4.97. The van der Waals surface area contributed by atoms with E-state index in [0.717, 1.165) is 11.5 Å². The molecule has 2 aliphatic rings. The summed E-state index contributed by atoms with van der Waals surface area (Å²) >= 11 is 0. The molecule has 0 spiro atoms. The predicted molar refractivity (Wildman–Crippen MR) is 137 cm³/mol. The molecule has 0 unspecified atom stereocenters. The Balaban J connectivity index is 1.50. The van der Waals surface area contributed by atoms with Gasteiger partial charge in [0.15, 0.2) is 6.20 Å². The van der Waals surface area contributed by atoms with E-state index in [9.17, 15) is 0 Å². The first-order chi connectivity index (χ1) is 16.0. The lowest BCUT2D eigenvalue weighted by molar-refractivity contribution is -0.659. The van der Waals surface area contributed by atoms with E-state index in [1.54, 1.807) is 0 Å². The number of benzene rings is 3. The topological polar surface area (TPSA) is 13.1 Å². The second-order valence-corrected chi connectivity index (χ2v) is 10.5. The largest absolute Gasteiger partial charge is 0.449 e. The first kappa shape index (κ1) is 20.7. The molecule has 1 aliphatic heterocycles. The molecule has 0 bridgehead atoms. The van der Waals surface area contributed by atoms with Crippen LogP contribution in [0.2, 0.25) is 0 Å². The molecular formula is C31H34NO+. The molecule has 0 N–H and O–H groups in total. The predicted octanol–water partition coefficient (Wildman–Crippen LogP) is 8.36. The van der Waals surface area contributed by atoms with Gasteiger partial charge < -0.3 is 4.74 Å². The Morgan fingerprint density at radius 1 is 0.970 bits per heavy atom. The van der Waals surface area contributed by atoms with Crippen molar-refractivity contribution in [3.05, 3.63) is 65.9 Å². The Hall–Kier alpha value is -2.87. The summed E-state index contributed by atoms with van der Waals surface area (Å²) in [4.78, 5) is 0. The Labute approximate surface area is 197 Å². The second kappa shape index (κ2) is 7.58. The van der Waals surface area contributed by atoms with Crippen LogP contribution in [0.1, 0.15) is 69.4 Å². The molecule has 6 rings (SSSR count). The molecule has 2 heteroatoms. The molecule has 2 nitrogen and oxygen atoms in total. The van der Waals surface area contributed by atoms with Gasteiger partial charge in [0.05, 0.1) is 5.56 Å². The van der Waals surface area contributed by atoms with Crippen LogP contribution < -0.4 is 9.30 Å². The van der Waals surface area contributed by atoms with Crippen molar-refractivity contribution in [1.29, 1.82) is 0 Å². The maximum absolute atomic E-state index is 6.69. The number of fused-ring (bicyclic) bond motifs is 4. The van der Waals surface area contributed by atoms with Crippen molar-refractivity contribution in [2.24, 2.45) is 12.5 Å². The quantitative estimate of drug-likeness (QED) is 0.259. The van der Waals surface area contributed by atoms with Gasteiger partial charge in [0.25, 0.3) is 5.69 Å². The molecule has 3 aromatic carbocycles. The second-order valence-electron chi connectivity index (χ2n) is 10.5. The number of ether oxygens (including phenoxy) is 1. The van der Waals surface area contributed by atoms with Crippen LogP contribution in [0.5, 0.6) is 11.5 Å². The lowest BCUT2D eigenvalue weighted by atomic mass is 9.66. The Bertz CT molecular complexity index is 1390. The number of rotatable bonds is 3. The van der Waals surface area contributed by atoms with Crippen molar-refractivity contribution in [2.45, 2.75) is 65.2 Å².